The maximum absolute atomic E-state index is 13.7. The van der Waals surface area contributed by atoms with Crippen LogP contribution in [0, 0.1) is 0 Å². The highest BCUT2D eigenvalue weighted by Crippen LogP contribution is 2.56. The molecule has 58 heavy (non-hydrogen) atoms. The molecule has 0 saturated carbocycles. The van der Waals surface area contributed by atoms with Crippen molar-refractivity contribution in [3.8, 4) is 22.3 Å². The van der Waals surface area contributed by atoms with Gasteiger partial charge in [-0.25, -0.2) is 9.59 Å². The van der Waals surface area contributed by atoms with Crippen LogP contribution in [0.1, 0.15) is 130 Å². The second-order valence-corrected chi connectivity index (χ2v) is 19.8. The number of benzene rings is 1. The molecular weight excluding hydrogens is 733 g/mol. The fraction of sp³-hybridized carbons (Fsp3) is 0.565. The SMILES string of the molecule is CC(C)(C)OC(=O)N1CCC[C@H]1C(=O)Nc1cncc(-c2c3c(c(-c4cncc(NC(=O)[C@@H]5CCCN5C(=O)OC(C)(C)C)c4)c4c2C(C)(C)CC4)C(C)(C)CC3)c1. The molecule has 7 rings (SSSR count). The van der Waals surface area contributed by atoms with Gasteiger partial charge in [-0.3, -0.25) is 29.4 Å². The summed E-state index contributed by atoms with van der Waals surface area (Å²) in [5, 5.41) is 6.18. The average molecular weight is 793 g/mol. The Bertz CT molecular complexity index is 2000. The van der Waals surface area contributed by atoms with E-state index in [1.807, 2.05) is 66.1 Å². The quantitative estimate of drug-likeness (QED) is 0.252. The molecule has 0 bridgehead atoms. The van der Waals surface area contributed by atoms with E-state index in [-0.39, 0.29) is 22.6 Å². The van der Waals surface area contributed by atoms with Crippen molar-refractivity contribution in [2.24, 2.45) is 0 Å². The van der Waals surface area contributed by atoms with Gasteiger partial charge in [-0.15, -0.1) is 0 Å². The Hall–Kier alpha value is -5.00. The first kappa shape index (κ1) is 41.2. The van der Waals surface area contributed by atoms with Crippen LogP contribution in [-0.4, -0.2) is 80.1 Å². The summed E-state index contributed by atoms with van der Waals surface area (Å²) >= 11 is 0. The minimum Gasteiger partial charge on any atom is -0.444 e. The molecule has 1 aromatic carbocycles. The molecular formula is C46H60N6O6. The molecule has 310 valence electrons. The van der Waals surface area contributed by atoms with Crippen molar-refractivity contribution in [2.75, 3.05) is 23.7 Å². The molecule has 3 aromatic rings. The molecule has 2 atom stereocenters. The van der Waals surface area contributed by atoms with Crippen LogP contribution in [0.25, 0.3) is 22.3 Å². The highest BCUT2D eigenvalue weighted by molar-refractivity contribution is 5.99. The zero-order chi connectivity index (χ0) is 41.9. The third kappa shape index (κ3) is 8.16. The first-order valence-corrected chi connectivity index (χ1v) is 20.9. The monoisotopic (exact) mass is 792 g/mol. The van der Waals surface area contributed by atoms with E-state index in [1.165, 1.54) is 43.2 Å². The number of aromatic nitrogens is 2. The Morgan fingerprint density at radius 3 is 1.38 bits per heavy atom. The lowest BCUT2D eigenvalue weighted by molar-refractivity contribution is -0.121. The predicted octanol–water partition coefficient (Wildman–Crippen LogP) is 8.93. The summed E-state index contributed by atoms with van der Waals surface area (Å²) in [5.41, 5.74) is 8.93. The summed E-state index contributed by atoms with van der Waals surface area (Å²) in [5.74, 6) is -0.501. The number of likely N-dealkylation sites (tertiary alicyclic amines) is 2. The molecule has 0 unspecified atom stereocenters. The first-order chi connectivity index (χ1) is 27.1. The molecule has 12 heteroatoms. The number of hydrogen-bond donors (Lipinski definition) is 2. The van der Waals surface area contributed by atoms with Gasteiger partial charge in [0.2, 0.25) is 11.8 Å². The van der Waals surface area contributed by atoms with Gasteiger partial charge >= 0.3 is 12.2 Å². The number of ether oxygens (including phenoxy) is 2. The van der Waals surface area contributed by atoms with Gasteiger partial charge in [0.1, 0.15) is 23.3 Å². The largest absolute Gasteiger partial charge is 0.444 e. The fourth-order valence-corrected chi connectivity index (χ4v) is 9.51. The van der Waals surface area contributed by atoms with Crippen LogP contribution in [0.2, 0.25) is 0 Å². The lowest BCUT2D eigenvalue weighted by atomic mass is 9.74. The van der Waals surface area contributed by atoms with E-state index in [1.54, 1.807) is 12.4 Å². The van der Waals surface area contributed by atoms with E-state index in [2.05, 4.69) is 48.3 Å². The Labute approximate surface area is 342 Å². The first-order valence-electron chi connectivity index (χ1n) is 20.9. The maximum atomic E-state index is 13.7. The van der Waals surface area contributed by atoms with Gasteiger partial charge in [0.05, 0.1) is 23.8 Å². The number of carbonyl (C=O) groups is 4. The van der Waals surface area contributed by atoms with Gasteiger partial charge < -0.3 is 20.1 Å². The van der Waals surface area contributed by atoms with Gasteiger partial charge in [0.15, 0.2) is 0 Å². The molecule has 0 spiro atoms. The zero-order valence-corrected chi connectivity index (χ0v) is 35.9. The zero-order valence-electron chi connectivity index (χ0n) is 35.9. The second kappa shape index (κ2) is 15.0. The summed E-state index contributed by atoms with van der Waals surface area (Å²) in [6.07, 6.45) is 12.4. The molecule has 2 aliphatic heterocycles. The van der Waals surface area contributed by atoms with E-state index < -0.39 is 35.5 Å². The number of fused-ring (bicyclic) bond motifs is 2. The summed E-state index contributed by atoms with van der Waals surface area (Å²) < 4.78 is 11.2. The number of pyridine rings is 2. The van der Waals surface area contributed by atoms with E-state index in [0.717, 1.165) is 49.7 Å². The van der Waals surface area contributed by atoms with Crippen molar-refractivity contribution < 1.29 is 28.7 Å². The van der Waals surface area contributed by atoms with E-state index >= 15 is 0 Å². The molecule has 2 fully saturated rings. The van der Waals surface area contributed by atoms with Crippen LogP contribution in [0.15, 0.2) is 36.9 Å². The topological polar surface area (TPSA) is 143 Å². The normalized spacial score (nSPS) is 20.7. The van der Waals surface area contributed by atoms with Gasteiger partial charge in [0, 0.05) is 36.6 Å². The molecule has 0 radical (unpaired) electrons. The highest BCUT2D eigenvalue weighted by Gasteiger charge is 2.44. The Kier molecular flexibility index (Phi) is 10.6. The standard InChI is InChI=1S/C46H60N6O6/c1-43(2,3)57-41(55)51-19-11-13-33(51)39(53)49-29-21-27(23-47-25-29)35-31-15-17-46(9,10)38(31)36(32-16-18-45(7,8)37(32)35)28-22-30(26-48-24-28)50-40(54)34-14-12-20-52(34)42(56)58-44(4,5)6/h21-26,33-34H,11-20H2,1-10H3,(H,49,53)(H,50,54)/t33-,34-/m0/s1. The Morgan fingerprint density at radius 2 is 1.02 bits per heavy atom. The Balaban J connectivity index is 1.23. The van der Waals surface area contributed by atoms with Gasteiger partial charge in [-0.05, 0) is 149 Å². The molecule has 4 aliphatic rings. The molecule has 2 aromatic heterocycles. The van der Waals surface area contributed by atoms with Gasteiger partial charge in [-0.1, -0.05) is 27.7 Å². The molecule has 2 aliphatic carbocycles. The lowest BCUT2D eigenvalue weighted by Gasteiger charge is -2.30. The minimum absolute atomic E-state index is 0.148. The molecule has 12 nitrogen and oxygen atoms in total. The van der Waals surface area contributed by atoms with Crippen molar-refractivity contribution in [1.82, 2.24) is 19.8 Å². The number of nitrogens with one attached hydrogen (secondary N) is 2. The Morgan fingerprint density at radius 1 is 0.638 bits per heavy atom. The van der Waals surface area contributed by atoms with Crippen LogP contribution in [0.5, 0.6) is 0 Å². The number of hydrogen-bond acceptors (Lipinski definition) is 8. The van der Waals surface area contributed by atoms with Gasteiger partial charge in [-0.2, -0.15) is 0 Å². The number of anilines is 2. The lowest BCUT2D eigenvalue weighted by Crippen LogP contribution is -2.45. The summed E-state index contributed by atoms with van der Waals surface area (Å²) in [7, 11) is 0. The van der Waals surface area contributed by atoms with Gasteiger partial charge in [0.25, 0.3) is 0 Å². The van der Waals surface area contributed by atoms with Crippen molar-refractivity contribution in [3.05, 3.63) is 59.2 Å². The van der Waals surface area contributed by atoms with Crippen molar-refractivity contribution >= 4 is 35.4 Å². The predicted molar refractivity (Wildman–Crippen MR) is 225 cm³/mol. The smallest absolute Gasteiger partial charge is 0.410 e. The number of nitrogens with zero attached hydrogens (tertiary/aromatic N) is 4. The third-order valence-corrected chi connectivity index (χ3v) is 12.0. The van der Waals surface area contributed by atoms with Crippen LogP contribution >= 0.6 is 0 Å². The number of amides is 4. The average Bonchev–Trinajstić information content (AvgIpc) is 3.92. The molecule has 2 saturated heterocycles. The maximum Gasteiger partial charge on any atom is 0.410 e. The highest BCUT2D eigenvalue weighted by atomic mass is 16.6. The van der Waals surface area contributed by atoms with E-state index in [9.17, 15) is 19.2 Å². The van der Waals surface area contributed by atoms with Crippen LogP contribution < -0.4 is 10.6 Å². The second-order valence-electron chi connectivity index (χ2n) is 19.8. The summed E-state index contributed by atoms with van der Waals surface area (Å²) in [6.45, 7) is 21.1. The third-order valence-electron chi connectivity index (χ3n) is 12.0. The van der Waals surface area contributed by atoms with Crippen molar-refractivity contribution in [3.63, 3.8) is 0 Å². The van der Waals surface area contributed by atoms with Crippen LogP contribution in [0.3, 0.4) is 0 Å². The summed E-state index contributed by atoms with van der Waals surface area (Å²) in [6, 6.07) is 2.80. The molecule has 4 amide bonds. The van der Waals surface area contributed by atoms with Crippen LogP contribution in [-0.2, 0) is 42.7 Å². The van der Waals surface area contributed by atoms with E-state index in [0.29, 0.717) is 37.3 Å². The van der Waals surface area contributed by atoms with E-state index in [4.69, 9.17) is 9.47 Å². The summed E-state index contributed by atoms with van der Waals surface area (Å²) in [4.78, 5) is 65.8. The van der Waals surface area contributed by atoms with Crippen molar-refractivity contribution in [1.29, 1.82) is 0 Å². The minimum atomic E-state index is -0.658. The molecule has 4 heterocycles. The number of rotatable bonds is 6. The fourth-order valence-electron chi connectivity index (χ4n) is 9.51. The van der Waals surface area contributed by atoms with Crippen molar-refractivity contribution in [2.45, 2.75) is 155 Å². The van der Waals surface area contributed by atoms with Crippen LogP contribution in [0.4, 0.5) is 21.0 Å². The molecule has 2 N–H and O–H groups in total. The number of carbonyl (C=O) groups excluding carboxylic acids is 4.